The highest BCUT2D eigenvalue weighted by Crippen LogP contribution is 2.38. The highest BCUT2D eigenvalue weighted by atomic mass is 35.5. The van der Waals surface area contributed by atoms with Crippen LogP contribution in [0.15, 0.2) is 54.9 Å². The van der Waals surface area contributed by atoms with Crippen LogP contribution in [-0.4, -0.2) is 21.6 Å². The van der Waals surface area contributed by atoms with E-state index in [1.165, 1.54) is 0 Å². The molecule has 0 spiro atoms. The van der Waals surface area contributed by atoms with Crippen LogP contribution >= 0.6 is 12.4 Å². The van der Waals surface area contributed by atoms with Crippen molar-refractivity contribution in [3.05, 3.63) is 54.9 Å². The molecule has 6 heteroatoms. The molecule has 24 heavy (non-hydrogen) atoms. The number of aromatic amines is 1. The minimum absolute atomic E-state index is 0. The molecule has 0 saturated carbocycles. The number of nitrogens with one attached hydrogen (secondary N) is 1. The maximum atomic E-state index is 5.46. The first-order chi connectivity index (χ1) is 11.4. The number of aromatic nitrogens is 3. The van der Waals surface area contributed by atoms with Crippen LogP contribution in [0.4, 0.5) is 0 Å². The van der Waals surface area contributed by atoms with Gasteiger partial charge in [-0.15, -0.1) is 12.4 Å². The summed E-state index contributed by atoms with van der Waals surface area (Å²) in [5.41, 5.74) is 3.57. The summed E-state index contributed by atoms with van der Waals surface area (Å²) in [4.78, 5) is 22.7. The molecule has 0 fully saturated rings. The Hall–Kier alpha value is -2.63. The molecule has 1 N–H and O–H groups in total. The maximum absolute atomic E-state index is 5.46. The molecule has 0 bridgehead atoms. The summed E-state index contributed by atoms with van der Waals surface area (Å²) >= 11 is 0. The van der Waals surface area contributed by atoms with E-state index in [0.29, 0.717) is 12.5 Å². The van der Waals surface area contributed by atoms with Crippen LogP contribution in [0.5, 0.6) is 5.88 Å². The molecule has 0 aliphatic carbocycles. The van der Waals surface area contributed by atoms with Crippen LogP contribution < -0.4 is 4.89 Å². The highest BCUT2D eigenvalue weighted by Gasteiger charge is 2.19. The zero-order valence-electron chi connectivity index (χ0n) is 13.0. The molecule has 4 rings (SSSR count). The zero-order valence-corrected chi connectivity index (χ0v) is 13.8. The Balaban J connectivity index is 0.00000169. The van der Waals surface area contributed by atoms with Gasteiger partial charge in [0, 0.05) is 16.3 Å². The smallest absolute Gasteiger partial charge is 0.245 e. The summed E-state index contributed by atoms with van der Waals surface area (Å²) in [6.45, 7) is 2.34. The highest BCUT2D eigenvalue weighted by molar-refractivity contribution is 6.05. The lowest BCUT2D eigenvalue weighted by Crippen LogP contribution is -1.98. The summed E-state index contributed by atoms with van der Waals surface area (Å²) < 4.78 is 0. The Labute approximate surface area is 145 Å². The molecule has 2 aromatic heterocycles. The number of hydrogen-bond donors (Lipinski definition) is 1. The van der Waals surface area contributed by atoms with Gasteiger partial charge in [-0.25, -0.2) is 9.97 Å². The molecular formula is C18H16ClN3O2. The van der Waals surface area contributed by atoms with Crippen LogP contribution in [-0.2, 0) is 4.89 Å². The van der Waals surface area contributed by atoms with E-state index in [2.05, 4.69) is 15.0 Å². The monoisotopic (exact) mass is 341 g/mol. The second-order valence-corrected chi connectivity index (χ2v) is 5.10. The third-order valence-corrected chi connectivity index (χ3v) is 3.71. The van der Waals surface area contributed by atoms with Crippen molar-refractivity contribution < 1.29 is 9.78 Å². The van der Waals surface area contributed by atoms with Crippen molar-refractivity contribution in [3.8, 4) is 17.1 Å². The molecule has 4 aromatic rings. The van der Waals surface area contributed by atoms with E-state index in [0.717, 1.165) is 33.1 Å². The Bertz CT molecular complexity index is 979. The van der Waals surface area contributed by atoms with Gasteiger partial charge < -0.3 is 9.87 Å². The molecule has 0 radical (unpaired) electrons. The molecule has 0 saturated heterocycles. The normalized spacial score (nSPS) is 10.7. The number of halogens is 1. The topological polar surface area (TPSA) is 60.0 Å². The van der Waals surface area contributed by atoms with E-state index in [9.17, 15) is 0 Å². The molecule has 5 nitrogen and oxygen atoms in total. The number of fused-ring (bicyclic) bond motifs is 2. The lowest BCUT2D eigenvalue weighted by Gasteiger charge is -2.07. The second kappa shape index (κ2) is 6.86. The quantitative estimate of drug-likeness (QED) is 0.437. The molecule has 0 atom stereocenters. The van der Waals surface area contributed by atoms with E-state index in [1.54, 1.807) is 6.33 Å². The first kappa shape index (κ1) is 16.2. The second-order valence-electron chi connectivity index (χ2n) is 5.10. The maximum Gasteiger partial charge on any atom is 0.245 e. The van der Waals surface area contributed by atoms with Crippen molar-refractivity contribution in [2.45, 2.75) is 6.92 Å². The molecule has 2 aromatic carbocycles. The Morgan fingerprint density at radius 2 is 1.71 bits per heavy atom. The average molecular weight is 342 g/mol. The fraction of sp³-hybridized carbons (Fsp3) is 0.111. The van der Waals surface area contributed by atoms with Crippen LogP contribution in [0.25, 0.3) is 33.1 Å². The molecule has 0 aliphatic rings. The van der Waals surface area contributed by atoms with E-state index in [4.69, 9.17) is 9.78 Å². The first-order valence-corrected chi connectivity index (χ1v) is 7.48. The van der Waals surface area contributed by atoms with Crippen molar-refractivity contribution in [1.29, 1.82) is 0 Å². The van der Waals surface area contributed by atoms with E-state index >= 15 is 0 Å². The Morgan fingerprint density at radius 3 is 2.54 bits per heavy atom. The Kier molecular flexibility index (Phi) is 4.64. The molecule has 2 heterocycles. The number of nitrogens with zero attached hydrogens (tertiary/aromatic N) is 2. The number of benzene rings is 2. The van der Waals surface area contributed by atoms with Gasteiger partial charge in [0.2, 0.25) is 5.88 Å². The summed E-state index contributed by atoms with van der Waals surface area (Å²) in [5.74, 6) is 0.553. The predicted molar refractivity (Wildman–Crippen MR) is 96.3 cm³/mol. The fourth-order valence-corrected chi connectivity index (χ4v) is 2.74. The van der Waals surface area contributed by atoms with Crippen LogP contribution in [0.2, 0.25) is 0 Å². The molecule has 0 amide bonds. The minimum Gasteiger partial charge on any atom is -0.322 e. The molecule has 0 aliphatic heterocycles. The van der Waals surface area contributed by atoms with Crippen molar-refractivity contribution >= 4 is 34.2 Å². The van der Waals surface area contributed by atoms with Crippen LogP contribution in [0, 0.1) is 0 Å². The molecular weight excluding hydrogens is 326 g/mol. The predicted octanol–water partition coefficient (Wildman–Crippen LogP) is 4.53. The fourth-order valence-electron chi connectivity index (χ4n) is 2.74. The van der Waals surface area contributed by atoms with Gasteiger partial charge in [0.1, 0.15) is 6.33 Å². The van der Waals surface area contributed by atoms with Gasteiger partial charge in [-0.05, 0) is 19.1 Å². The third kappa shape index (κ3) is 2.68. The van der Waals surface area contributed by atoms with Crippen molar-refractivity contribution in [2.24, 2.45) is 0 Å². The zero-order chi connectivity index (χ0) is 15.6. The van der Waals surface area contributed by atoms with E-state index in [-0.39, 0.29) is 12.4 Å². The molecule has 122 valence electrons. The van der Waals surface area contributed by atoms with Crippen LogP contribution in [0.3, 0.4) is 0 Å². The lowest BCUT2D eigenvalue weighted by molar-refractivity contribution is -0.204. The third-order valence-electron chi connectivity index (χ3n) is 3.71. The summed E-state index contributed by atoms with van der Waals surface area (Å²) in [6.07, 6.45) is 1.57. The van der Waals surface area contributed by atoms with Gasteiger partial charge >= 0.3 is 0 Å². The Morgan fingerprint density at radius 1 is 0.958 bits per heavy atom. The van der Waals surface area contributed by atoms with Crippen molar-refractivity contribution in [2.75, 3.05) is 6.61 Å². The van der Waals surface area contributed by atoms with Gasteiger partial charge in [-0.3, -0.25) is 0 Å². The van der Waals surface area contributed by atoms with Gasteiger partial charge in [0.05, 0.1) is 23.4 Å². The minimum atomic E-state index is 0. The SMILES string of the molecule is CCOOc1[nH]c2ccccc2c1-c1ncnc2ccccc12.Cl. The number of H-pyrrole nitrogens is 1. The summed E-state index contributed by atoms with van der Waals surface area (Å²) in [5, 5.41) is 2.01. The van der Waals surface area contributed by atoms with E-state index < -0.39 is 0 Å². The number of rotatable bonds is 4. The number of para-hydroxylation sites is 2. The van der Waals surface area contributed by atoms with Gasteiger partial charge in [0.25, 0.3) is 0 Å². The summed E-state index contributed by atoms with van der Waals surface area (Å²) in [6, 6.07) is 15.9. The average Bonchev–Trinajstić information content (AvgIpc) is 2.97. The largest absolute Gasteiger partial charge is 0.322 e. The lowest BCUT2D eigenvalue weighted by atomic mass is 10.1. The van der Waals surface area contributed by atoms with Gasteiger partial charge in [0.15, 0.2) is 0 Å². The van der Waals surface area contributed by atoms with E-state index in [1.807, 2.05) is 55.5 Å². The van der Waals surface area contributed by atoms with Gasteiger partial charge in [-0.2, -0.15) is 4.89 Å². The van der Waals surface area contributed by atoms with Crippen molar-refractivity contribution in [1.82, 2.24) is 15.0 Å². The molecule has 0 unspecified atom stereocenters. The standard InChI is InChI=1S/C18H15N3O2.ClH/c1-2-22-23-18-16(12-7-3-6-10-15(12)21-18)17-13-8-4-5-9-14(13)19-11-20-17;/h3-11,21H,2H2,1H3;1H. The first-order valence-electron chi connectivity index (χ1n) is 7.48. The number of hydrogen-bond acceptors (Lipinski definition) is 4. The van der Waals surface area contributed by atoms with Crippen LogP contribution in [0.1, 0.15) is 6.92 Å². The summed E-state index contributed by atoms with van der Waals surface area (Å²) in [7, 11) is 0. The van der Waals surface area contributed by atoms with Crippen molar-refractivity contribution in [3.63, 3.8) is 0 Å². The van der Waals surface area contributed by atoms with Gasteiger partial charge in [-0.1, -0.05) is 36.4 Å².